The summed E-state index contributed by atoms with van der Waals surface area (Å²) in [5.74, 6) is 0.311. The molecule has 2 N–H and O–H groups in total. The van der Waals surface area contributed by atoms with E-state index in [1.54, 1.807) is 19.2 Å². The normalized spacial score (nSPS) is 19.1. The third kappa shape index (κ3) is 1.35. The molecule has 0 spiro atoms. The molecule has 0 fully saturated rings. The summed E-state index contributed by atoms with van der Waals surface area (Å²) in [6.07, 6.45) is 1.72. The highest BCUT2D eigenvalue weighted by Gasteiger charge is 2.27. The second-order valence-electron chi connectivity index (χ2n) is 3.59. The molecule has 1 aromatic carbocycles. The van der Waals surface area contributed by atoms with Gasteiger partial charge in [0, 0.05) is 7.05 Å². The van der Waals surface area contributed by atoms with Gasteiger partial charge in [-0.05, 0) is 36.1 Å². The Morgan fingerprint density at radius 1 is 1.57 bits per heavy atom. The third-order valence-corrected chi connectivity index (χ3v) is 2.77. The standard InChI is InChI=1S/C11H13NO2/c1-12-11(14)10-4-2-7-6-8(13)3-5-9(7)10/h3,5-6,10,13H,2,4H2,1H3,(H,12,14)/t10-/m1/s1. The van der Waals surface area contributed by atoms with Gasteiger partial charge < -0.3 is 10.4 Å². The average Bonchev–Trinajstić information content (AvgIpc) is 2.59. The average molecular weight is 191 g/mol. The Labute approximate surface area is 82.8 Å². The number of rotatable bonds is 1. The van der Waals surface area contributed by atoms with E-state index in [0.717, 1.165) is 24.0 Å². The molecule has 2 rings (SSSR count). The SMILES string of the molecule is CNC(=O)[C@@H]1CCc2cc(O)ccc21. The number of carbonyl (C=O) groups excluding carboxylic acids is 1. The molecular weight excluding hydrogens is 178 g/mol. The molecule has 0 unspecified atom stereocenters. The van der Waals surface area contributed by atoms with E-state index in [-0.39, 0.29) is 17.6 Å². The zero-order valence-electron chi connectivity index (χ0n) is 8.08. The summed E-state index contributed by atoms with van der Waals surface area (Å²) < 4.78 is 0. The lowest BCUT2D eigenvalue weighted by Gasteiger charge is -2.09. The Morgan fingerprint density at radius 3 is 3.07 bits per heavy atom. The smallest absolute Gasteiger partial charge is 0.227 e. The van der Waals surface area contributed by atoms with E-state index in [1.807, 2.05) is 6.07 Å². The van der Waals surface area contributed by atoms with E-state index in [0.29, 0.717) is 0 Å². The summed E-state index contributed by atoms with van der Waals surface area (Å²) in [6, 6.07) is 5.23. The number of aromatic hydroxyl groups is 1. The molecular formula is C11H13NO2. The number of hydrogen-bond donors (Lipinski definition) is 2. The predicted octanol–water partition coefficient (Wildman–Crippen LogP) is 1.17. The van der Waals surface area contributed by atoms with Crippen LogP contribution in [-0.4, -0.2) is 18.1 Å². The van der Waals surface area contributed by atoms with E-state index in [2.05, 4.69) is 5.32 Å². The Kier molecular flexibility index (Phi) is 2.15. The molecule has 0 bridgehead atoms. The van der Waals surface area contributed by atoms with Crippen molar-refractivity contribution in [3.63, 3.8) is 0 Å². The van der Waals surface area contributed by atoms with Crippen LogP contribution in [0.15, 0.2) is 18.2 Å². The Balaban J connectivity index is 2.35. The molecule has 0 saturated carbocycles. The van der Waals surface area contributed by atoms with Crippen LogP contribution in [0.2, 0.25) is 0 Å². The Hall–Kier alpha value is -1.51. The first-order valence-corrected chi connectivity index (χ1v) is 4.75. The van der Waals surface area contributed by atoms with Gasteiger partial charge in [-0.25, -0.2) is 0 Å². The number of nitrogens with one attached hydrogen (secondary N) is 1. The lowest BCUT2D eigenvalue weighted by atomic mass is 10.0. The summed E-state index contributed by atoms with van der Waals surface area (Å²) in [7, 11) is 1.65. The molecule has 0 heterocycles. The van der Waals surface area contributed by atoms with Crippen LogP contribution in [0.4, 0.5) is 0 Å². The van der Waals surface area contributed by atoms with Gasteiger partial charge >= 0.3 is 0 Å². The van der Waals surface area contributed by atoms with Gasteiger partial charge in [-0.3, -0.25) is 4.79 Å². The molecule has 1 amide bonds. The lowest BCUT2D eigenvalue weighted by molar-refractivity contribution is -0.122. The molecule has 0 saturated heterocycles. The van der Waals surface area contributed by atoms with Crippen molar-refractivity contribution in [2.24, 2.45) is 0 Å². The highest BCUT2D eigenvalue weighted by molar-refractivity contribution is 5.84. The maximum atomic E-state index is 11.5. The fourth-order valence-corrected chi connectivity index (χ4v) is 2.05. The first-order valence-electron chi connectivity index (χ1n) is 4.75. The number of hydrogen-bond acceptors (Lipinski definition) is 2. The van der Waals surface area contributed by atoms with Crippen molar-refractivity contribution in [2.45, 2.75) is 18.8 Å². The molecule has 0 aromatic heterocycles. The first kappa shape index (κ1) is 9.06. The fraction of sp³-hybridized carbons (Fsp3) is 0.364. The van der Waals surface area contributed by atoms with Crippen molar-refractivity contribution in [3.8, 4) is 5.75 Å². The number of phenolic OH excluding ortho intramolecular Hbond substituents is 1. The van der Waals surface area contributed by atoms with Crippen molar-refractivity contribution >= 4 is 5.91 Å². The summed E-state index contributed by atoms with van der Waals surface area (Å²) >= 11 is 0. The molecule has 1 aliphatic rings. The van der Waals surface area contributed by atoms with Crippen molar-refractivity contribution in [2.75, 3.05) is 7.05 Å². The molecule has 3 heteroatoms. The summed E-state index contributed by atoms with van der Waals surface area (Å²) in [4.78, 5) is 11.5. The molecule has 74 valence electrons. The summed E-state index contributed by atoms with van der Waals surface area (Å²) in [5, 5.41) is 11.9. The second kappa shape index (κ2) is 3.33. The number of carbonyl (C=O) groups is 1. The van der Waals surface area contributed by atoms with Gasteiger partial charge in [-0.1, -0.05) is 6.07 Å². The van der Waals surface area contributed by atoms with E-state index in [9.17, 15) is 9.90 Å². The van der Waals surface area contributed by atoms with Crippen molar-refractivity contribution in [3.05, 3.63) is 29.3 Å². The van der Waals surface area contributed by atoms with Crippen LogP contribution in [0.5, 0.6) is 5.75 Å². The quantitative estimate of drug-likeness (QED) is 0.700. The first-order chi connectivity index (χ1) is 6.72. The lowest BCUT2D eigenvalue weighted by Crippen LogP contribution is -2.24. The molecule has 0 aliphatic heterocycles. The van der Waals surface area contributed by atoms with Crippen LogP contribution < -0.4 is 5.32 Å². The molecule has 3 nitrogen and oxygen atoms in total. The maximum Gasteiger partial charge on any atom is 0.227 e. The number of amides is 1. The van der Waals surface area contributed by atoms with Crippen molar-refractivity contribution in [1.29, 1.82) is 0 Å². The molecule has 1 aliphatic carbocycles. The monoisotopic (exact) mass is 191 g/mol. The molecule has 14 heavy (non-hydrogen) atoms. The van der Waals surface area contributed by atoms with Crippen molar-refractivity contribution < 1.29 is 9.90 Å². The highest BCUT2D eigenvalue weighted by Crippen LogP contribution is 2.34. The molecule has 1 atom stereocenters. The number of aryl methyl sites for hydroxylation is 1. The summed E-state index contributed by atoms with van der Waals surface area (Å²) in [5.41, 5.74) is 2.15. The van der Waals surface area contributed by atoms with Gasteiger partial charge in [0.05, 0.1) is 5.92 Å². The number of benzene rings is 1. The number of fused-ring (bicyclic) bond motifs is 1. The minimum Gasteiger partial charge on any atom is -0.508 e. The topological polar surface area (TPSA) is 49.3 Å². The zero-order valence-corrected chi connectivity index (χ0v) is 8.08. The minimum atomic E-state index is -0.0319. The van der Waals surface area contributed by atoms with Crippen LogP contribution in [0, 0.1) is 0 Å². The third-order valence-electron chi connectivity index (χ3n) is 2.77. The fourth-order valence-electron chi connectivity index (χ4n) is 2.05. The van der Waals surface area contributed by atoms with Gasteiger partial charge in [-0.15, -0.1) is 0 Å². The van der Waals surface area contributed by atoms with Crippen LogP contribution in [-0.2, 0) is 11.2 Å². The number of phenols is 1. The largest absolute Gasteiger partial charge is 0.508 e. The van der Waals surface area contributed by atoms with E-state index in [1.165, 1.54) is 0 Å². The van der Waals surface area contributed by atoms with Gasteiger partial charge in [0.2, 0.25) is 5.91 Å². The van der Waals surface area contributed by atoms with E-state index >= 15 is 0 Å². The van der Waals surface area contributed by atoms with Crippen molar-refractivity contribution in [1.82, 2.24) is 5.32 Å². The highest BCUT2D eigenvalue weighted by atomic mass is 16.3. The zero-order chi connectivity index (χ0) is 10.1. The maximum absolute atomic E-state index is 11.5. The second-order valence-corrected chi connectivity index (χ2v) is 3.59. The van der Waals surface area contributed by atoms with Crippen LogP contribution >= 0.6 is 0 Å². The van der Waals surface area contributed by atoms with Gasteiger partial charge in [0.25, 0.3) is 0 Å². The predicted molar refractivity (Wildman–Crippen MR) is 53.2 cm³/mol. The minimum absolute atomic E-state index is 0.0319. The molecule has 1 aromatic rings. The van der Waals surface area contributed by atoms with Gasteiger partial charge in [-0.2, -0.15) is 0 Å². The Morgan fingerprint density at radius 2 is 2.36 bits per heavy atom. The van der Waals surface area contributed by atoms with Gasteiger partial charge in [0.1, 0.15) is 5.75 Å². The summed E-state index contributed by atoms with van der Waals surface area (Å²) in [6.45, 7) is 0. The Bertz CT molecular complexity index is 374. The van der Waals surface area contributed by atoms with E-state index < -0.39 is 0 Å². The van der Waals surface area contributed by atoms with Crippen LogP contribution in [0.3, 0.4) is 0 Å². The van der Waals surface area contributed by atoms with Crippen LogP contribution in [0.1, 0.15) is 23.5 Å². The van der Waals surface area contributed by atoms with Crippen LogP contribution in [0.25, 0.3) is 0 Å². The number of likely N-dealkylation sites (N-methyl/N-ethyl adjacent to an activating group) is 1. The van der Waals surface area contributed by atoms with Gasteiger partial charge in [0.15, 0.2) is 0 Å². The molecule has 0 radical (unpaired) electrons. The van der Waals surface area contributed by atoms with E-state index in [4.69, 9.17) is 0 Å².